The van der Waals surface area contributed by atoms with Gasteiger partial charge in [-0.3, -0.25) is 9.78 Å². The van der Waals surface area contributed by atoms with Gasteiger partial charge in [-0.25, -0.2) is 8.78 Å². The fourth-order valence-corrected chi connectivity index (χ4v) is 4.94. The highest BCUT2D eigenvalue weighted by Gasteiger charge is 2.50. The minimum absolute atomic E-state index is 0.173. The lowest BCUT2D eigenvalue weighted by atomic mass is 9.88. The van der Waals surface area contributed by atoms with Crippen LogP contribution in [0.15, 0.2) is 30.5 Å². The molecule has 0 saturated heterocycles. The maximum Gasteiger partial charge on any atom is 0.220 e. The predicted molar refractivity (Wildman–Crippen MR) is 87.5 cm³/mol. The number of benzene rings is 1. The van der Waals surface area contributed by atoms with Crippen LogP contribution in [0.1, 0.15) is 43.6 Å². The van der Waals surface area contributed by atoms with Crippen molar-refractivity contribution in [3.05, 3.63) is 41.8 Å². The molecule has 0 spiro atoms. The molecule has 2 atom stereocenters. The fraction of sp³-hybridized carbons (Fsp3) is 0.474. The number of rotatable bonds is 3. The van der Waals surface area contributed by atoms with Gasteiger partial charge in [0.05, 0.1) is 11.9 Å². The molecule has 2 unspecified atom stereocenters. The van der Waals surface area contributed by atoms with Gasteiger partial charge in [-0.05, 0) is 73.3 Å². The Kier molecular flexibility index (Phi) is 3.55. The minimum Gasteiger partial charge on any atom is -0.370 e. The molecule has 126 valence electrons. The van der Waals surface area contributed by atoms with Crippen molar-refractivity contribution in [1.29, 1.82) is 0 Å². The van der Waals surface area contributed by atoms with Crippen LogP contribution in [0.3, 0.4) is 0 Å². The van der Waals surface area contributed by atoms with Crippen molar-refractivity contribution in [3.8, 4) is 0 Å². The summed E-state index contributed by atoms with van der Waals surface area (Å²) < 4.78 is 28.4. The summed E-state index contributed by atoms with van der Waals surface area (Å²) in [7, 11) is 0. The lowest BCUT2D eigenvalue weighted by Gasteiger charge is -2.21. The molecule has 0 bridgehead atoms. The van der Waals surface area contributed by atoms with E-state index in [9.17, 15) is 13.6 Å². The van der Waals surface area contributed by atoms with Crippen molar-refractivity contribution in [2.45, 2.75) is 43.7 Å². The first-order chi connectivity index (χ1) is 11.4. The van der Waals surface area contributed by atoms with Crippen molar-refractivity contribution in [1.82, 2.24) is 4.98 Å². The number of hydrogen-bond donors (Lipinski definition) is 1. The van der Waals surface area contributed by atoms with Crippen LogP contribution < -0.4 is 5.73 Å². The second kappa shape index (κ2) is 5.50. The molecule has 2 N–H and O–H groups in total. The van der Waals surface area contributed by atoms with E-state index in [0.29, 0.717) is 18.8 Å². The molecule has 2 fully saturated rings. The zero-order chi connectivity index (χ0) is 16.9. The van der Waals surface area contributed by atoms with Gasteiger partial charge in [0.25, 0.3) is 0 Å². The van der Waals surface area contributed by atoms with Crippen LogP contribution in [-0.2, 0) is 4.79 Å². The van der Waals surface area contributed by atoms with Gasteiger partial charge in [-0.15, -0.1) is 0 Å². The number of hydrogen-bond acceptors (Lipinski definition) is 2. The largest absolute Gasteiger partial charge is 0.370 e. The lowest BCUT2D eigenvalue weighted by Crippen LogP contribution is -2.28. The number of amides is 1. The van der Waals surface area contributed by atoms with E-state index in [0.717, 1.165) is 29.3 Å². The Bertz CT molecular complexity index is 793. The number of nitrogens with two attached hydrogens (primary N) is 1. The van der Waals surface area contributed by atoms with Crippen molar-refractivity contribution < 1.29 is 13.6 Å². The van der Waals surface area contributed by atoms with Crippen LogP contribution in [-0.4, -0.2) is 16.6 Å². The van der Waals surface area contributed by atoms with Crippen LogP contribution in [0.2, 0.25) is 0 Å². The van der Waals surface area contributed by atoms with Gasteiger partial charge >= 0.3 is 0 Å². The summed E-state index contributed by atoms with van der Waals surface area (Å²) >= 11 is 0. The zero-order valence-corrected chi connectivity index (χ0v) is 13.3. The van der Waals surface area contributed by atoms with Crippen LogP contribution >= 0.6 is 0 Å². The molecule has 1 amide bonds. The summed E-state index contributed by atoms with van der Waals surface area (Å²) in [6.07, 6.45) is 4.17. The number of pyridine rings is 1. The number of alkyl halides is 1. The summed E-state index contributed by atoms with van der Waals surface area (Å²) in [6.45, 7) is 0. The quantitative estimate of drug-likeness (QED) is 0.929. The van der Waals surface area contributed by atoms with Crippen molar-refractivity contribution >= 4 is 16.8 Å². The summed E-state index contributed by atoms with van der Waals surface area (Å²) in [4.78, 5) is 15.4. The first-order valence-electron chi connectivity index (χ1n) is 8.45. The van der Waals surface area contributed by atoms with Gasteiger partial charge in [-0.1, -0.05) is 0 Å². The molecule has 1 aromatic carbocycles. The van der Waals surface area contributed by atoms with E-state index in [4.69, 9.17) is 5.73 Å². The number of fused-ring (bicyclic) bond motifs is 2. The molecular formula is C19H20F2N2O. The molecule has 2 saturated carbocycles. The number of carbonyl (C=O) groups is 1. The van der Waals surface area contributed by atoms with Gasteiger partial charge in [0, 0.05) is 11.6 Å². The lowest BCUT2D eigenvalue weighted by molar-refractivity contribution is -0.120. The van der Waals surface area contributed by atoms with E-state index < -0.39 is 11.6 Å². The minimum atomic E-state index is -1.43. The first-order valence-corrected chi connectivity index (χ1v) is 8.45. The second-order valence-corrected chi connectivity index (χ2v) is 7.45. The highest BCUT2D eigenvalue weighted by atomic mass is 19.1. The monoisotopic (exact) mass is 330 g/mol. The first kappa shape index (κ1) is 15.5. The summed E-state index contributed by atoms with van der Waals surface area (Å²) in [5.74, 6) is 0.0153. The van der Waals surface area contributed by atoms with Gasteiger partial charge in [-0.2, -0.15) is 0 Å². The smallest absolute Gasteiger partial charge is 0.220 e. The average Bonchev–Trinajstić information content (AvgIpc) is 3.00. The molecule has 2 aliphatic rings. The number of aromatic nitrogens is 1. The molecular weight excluding hydrogens is 310 g/mol. The number of carbonyl (C=O) groups excluding carboxylic acids is 1. The van der Waals surface area contributed by atoms with Crippen molar-refractivity contribution in [2.24, 2.45) is 17.6 Å². The SMILES string of the molecule is NC(=O)CC1(F)CC2CC(c3ccnc4ccc(F)cc34)CC2C1. The molecule has 4 rings (SSSR count). The molecule has 2 aromatic rings. The highest BCUT2D eigenvalue weighted by Crippen LogP contribution is 2.56. The number of primary amides is 1. The van der Waals surface area contributed by atoms with E-state index in [1.54, 1.807) is 12.3 Å². The Morgan fingerprint density at radius 2 is 1.96 bits per heavy atom. The van der Waals surface area contributed by atoms with E-state index in [1.807, 2.05) is 6.07 Å². The fourth-order valence-electron chi connectivity index (χ4n) is 4.94. The second-order valence-electron chi connectivity index (χ2n) is 7.45. The Morgan fingerprint density at radius 3 is 2.62 bits per heavy atom. The standard InChI is InChI=1S/C19H20F2N2O/c20-14-1-2-17-16(7-14)15(3-4-23-17)11-5-12-8-19(21,10-18(22)24)9-13(12)6-11/h1-4,7,11-13H,5-6,8-10H2,(H2,22,24). The van der Waals surface area contributed by atoms with E-state index in [2.05, 4.69) is 4.98 Å². The molecule has 3 nitrogen and oxygen atoms in total. The Morgan fingerprint density at radius 1 is 1.25 bits per heavy atom. The molecule has 5 heteroatoms. The Labute approximate surface area is 139 Å². The van der Waals surface area contributed by atoms with Crippen LogP contribution in [0.5, 0.6) is 0 Å². The normalized spacial score (nSPS) is 32.2. The maximum absolute atomic E-state index is 14.8. The third-order valence-electron chi connectivity index (χ3n) is 5.77. The third kappa shape index (κ3) is 2.66. The molecule has 1 heterocycles. The van der Waals surface area contributed by atoms with E-state index >= 15 is 0 Å². The van der Waals surface area contributed by atoms with Gasteiger partial charge in [0.2, 0.25) is 5.91 Å². The topological polar surface area (TPSA) is 56.0 Å². The number of nitrogens with zero attached hydrogens (tertiary/aromatic N) is 1. The summed E-state index contributed by atoms with van der Waals surface area (Å²) in [5.41, 5.74) is 5.65. The predicted octanol–water partition coefficient (Wildman–Crippen LogP) is 3.86. The number of halogens is 2. The average molecular weight is 330 g/mol. The third-order valence-corrected chi connectivity index (χ3v) is 5.77. The zero-order valence-electron chi connectivity index (χ0n) is 13.3. The highest BCUT2D eigenvalue weighted by molar-refractivity contribution is 5.82. The van der Waals surface area contributed by atoms with Crippen LogP contribution in [0.4, 0.5) is 8.78 Å². The van der Waals surface area contributed by atoms with E-state index in [-0.39, 0.29) is 24.1 Å². The molecule has 24 heavy (non-hydrogen) atoms. The van der Waals surface area contributed by atoms with Gasteiger partial charge < -0.3 is 5.73 Å². The van der Waals surface area contributed by atoms with Crippen LogP contribution in [0, 0.1) is 17.7 Å². The van der Waals surface area contributed by atoms with Crippen molar-refractivity contribution in [3.63, 3.8) is 0 Å². The molecule has 0 radical (unpaired) electrons. The summed E-state index contributed by atoms with van der Waals surface area (Å²) in [6, 6.07) is 6.62. The molecule has 0 aliphatic heterocycles. The van der Waals surface area contributed by atoms with Gasteiger partial charge in [0.15, 0.2) is 0 Å². The molecule has 1 aromatic heterocycles. The van der Waals surface area contributed by atoms with Crippen molar-refractivity contribution in [2.75, 3.05) is 0 Å². The Balaban J connectivity index is 1.58. The molecule has 2 aliphatic carbocycles. The maximum atomic E-state index is 14.8. The van der Waals surface area contributed by atoms with E-state index in [1.165, 1.54) is 12.1 Å². The van der Waals surface area contributed by atoms with Gasteiger partial charge in [0.1, 0.15) is 11.5 Å². The Hall–Kier alpha value is -2.04. The summed E-state index contributed by atoms with van der Waals surface area (Å²) in [5, 5.41) is 0.853. The van der Waals surface area contributed by atoms with Crippen LogP contribution in [0.25, 0.3) is 10.9 Å².